The van der Waals surface area contributed by atoms with Crippen molar-refractivity contribution in [2.45, 2.75) is 38.3 Å². The maximum Gasteiger partial charge on any atom is 0.247 e. The maximum absolute atomic E-state index is 14.1. The first-order chi connectivity index (χ1) is 20.9. The zero-order valence-electron chi connectivity index (χ0n) is 24.9. The molecule has 1 aliphatic carbocycles. The number of methoxy groups -OCH3 is 1. The Morgan fingerprint density at radius 1 is 1.00 bits per heavy atom. The highest BCUT2D eigenvalue weighted by Crippen LogP contribution is 2.30. The number of ether oxygens (including phenoxy) is 1. The Balaban J connectivity index is 1.46. The van der Waals surface area contributed by atoms with Crippen LogP contribution in [0, 0.1) is 5.92 Å². The second-order valence-electron chi connectivity index (χ2n) is 11.0. The predicted molar refractivity (Wildman–Crippen MR) is 174 cm³/mol. The fourth-order valence-corrected chi connectivity index (χ4v) is 6.21. The number of anilines is 2. The third kappa shape index (κ3) is 7.70. The average Bonchev–Trinajstić information content (AvgIpc) is 3.50. The third-order valence-electron chi connectivity index (χ3n) is 7.77. The summed E-state index contributed by atoms with van der Waals surface area (Å²) in [6, 6.07) is 24.6. The number of carbonyl (C=O) groups excluding carboxylic acids is 2. The van der Waals surface area contributed by atoms with Crippen molar-refractivity contribution in [3.8, 4) is 17.0 Å². The van der Waals surface area contributed by atoms with Crippen LogP contribution in [-0.2, 0) is 22.6 Å². The van der Waals surface area contributed by atoms with Crippen LogP contribution in [0.25, 0.3) is 11.3 Å². The van der Waals surface area contributed by atoms with E-state index in [-0.39, 0.29) is 30.7 Å². The number of benzene rings is 3. The van der Waals surface area contributed by atoms with Gasteiger partial charge in [0.1, 0.15) is 16.8 Å². The number of amides is 2. The maximum atomic E-state index is 14.1. The molecular weight excluding hydrogens is 556 g/mol. The van der Waals surface area contributed by atoms with Crippen LogP contribution in [0.5, 0.6) is 5.75 Å². The molecule has 4 aromatic rings. The fourth-order valence-electron chi connectivity index (χ4n) is 5.41. The van der Waals surface area contributed by atoms with Gasteiger partial charge >= 0.3 is 0 Å². The van der Waals surface area contributed by atoms with Crippen LogP contribution in [-0.4, -0.2) is 48.9 Å². The summed E-state index contributed by atoms with van der Waals surface area (Å²) in [6.45, 7) is 0.254. The molecule has 0 radical (unpaired) electrons. The summed E-state index contributed by atoms with van der Waals surface area (Å²) in [5.74, 6) is 0.506. The van der Waals surface area contributed by atoms with E-state index in [4.69, 9.17) is 9.72 Å². The van der Waals surface area contributed by atoms with Crippen molar-refractivity contribution in [2.24, 2.45) is 5.92 Å². The fraction of sp³-hybridized carbons (Fsp3) is 0.286. The topological polar surface area (TPSA) is 74.8 Å². The van der Waals surface area contributed by atoms with Crippen LogP contribution >= 0.6 is 11.3 Å². The van der Waals surface area contributed by atoms with Gasteiger partial charge in [0.2, 0.25) is 11.8 Å². The molecule has 0 saturated heterocycles. The molecule has 1 aromatic heterocycles. The predicted octanol–water partition coefficient (Wildman–Crippen LogP) is 6.82. The van der Waals surface area contributed by atoms with Crippen LogP contribution in [0.1, 0.15) is 29.8 Å². The van der Waals surface area contributed by atoms with Gasteiger partial charge in [-0.25, -0.2) is 4.98 Å². The summed E-state index contributed by atoms with van der Waals surface area (Å²) in [7, 11) is 5.61. The van der Waals surface area contributed by atoms with Crippen molar-refractivity contribution in [1.29, 1.82) is 0 Å². The van der Waals surface area contributed by atoms with Gasteiger partial charge in [-0.1, -0.05) is 42.5 Å². The van der Waals surface area contributed by atoms with Crippen molar-refractivity contribution >= 4 is 34.5 Å². The Morgan fingerprint density at radius 2 is 1.74 bits per heavy atom. The van der Waals surface area contributed by atoms with Gasteiger partial charge < -0.3 is 19.9 Å². The second-order valence-corrected chi connectivity index (χ2v) is 11.9. The molecule has 0 spiro atoms. The van der Waals surface area contributed by atoms with Gasteiger partial charge in [-0.3, -0.25) is 9.59 Å². The van der Waals surface area contributed by atoms with Crippen LogP contribution < -0.4 is 15.0 Å². The number of carbonyl (C=O) groups is 2. The van der Waals surface area contributed by atoms with Gasteiger partial charge in [0.15, 0.2) is 0 Å². The largest absolute Gasteiger partial charge is 0.497 e. The number of nitrogens with zero attached hydrogens (tertiary/aromatic N) is 3. The SMILES string of the molecule is COc1ccc(-c2csc(CN(C(=O)Cc3ccccc3)C(C(=O)Nc3ccc(N(C)C)cc3)C3CC=CCC3)n2)cc1. The number of aromatic nitrogens is 1. The quantitative estimate of drug-likeness (QED) is 0.193. The minimum atomic E-state index is -0.650. The molecule has 2 atom stereocenters. The monoisotopic (exact) mass is 594 g/mol. The molecule has 3 aromatic carbocycles. The summed E-state index contributed by atoms with van der Waals surface area (Å²) in [5, 5.41) is 5.91. The Kier molecular flexibility index (Phi) is 9.89. The van der Waals surface area contributed by atoms with Crippen LogP contribution in [0.2, 0.25) is 0 Å². The Labute approximate surface area is 257 Å². The minimum Gasteiger partial charge on any atom is -0.497 e. The molecule has 0 aliphatic heterocycles. The smallest absolute Gasteiger partial charge is 0.247 e. The standard InChI is InChI=1S/C35H38N4O3S/c1-38(2)29-18-16-28(17-19-29)36-35(41)34(27-12-8-5-9-13-27)39(33(40)22-25-10-6-4-7-11-25)23-32-37-31(24-43-32)26-14-20-30(42-3)21-15-26/h4-8,10-11,14-21,24,27,34H,9,12-13,22-23H2,1-3H3,(H,36,41). The van der Waals surface area contributed by atoms with Crippen LogP contribution in [0.4, 0.5) is 11.4 Å². The van der Waals surface area contributed by atoms with Gasteiger partial charge in [0.25, 0.3) is 0 Å². The Morgan fingerprint density at radius 3 is 2.40 bits per heavy atom. The lowest BCUT2D eigenvalue weighted by molar-refractivity contribution is -0.141. The van der Waals surface area contributed by atoms with E-state index in [1.54, 1.807) is 12.0 Å². The Bertz CT molecular complexity index is 1530. The molecule has 0 bridgehead atoms. The molecule has 7 nitrogen and oxygen atoms in total. The number of rotatable bonds is 11. The van der Waals surface area contributed by atoms with Crippen molar-refractivity contribution in [2.75, 3.05) is 31.4 Å². The lowest BCUT2D eigenvalue weighted by Crippen LogP contribution is -2.51. The van der Waals surface area contributed by atoms with Crippen molar-refractivity contribution < 1.29 is 14.3 Å². The number of hydrogen-bond donors (Lipinski definition) is 1. The number of nitrogens with one attached hydrogen (secondary N) is 1. The van der Waals surface area contributed by atoms with Crippen molar-refractivity contribution in [3.63, 3.8) is 0 Å². The van der Waals surface area contributed by atoms with Crippen molar-refractivity contribution in [3.05, 3.63) is 107 Å². The van der Waals surface area contributed by atoms with E-state index in [9.17, 15) is 9.59 Å². The van der Waals surface area contributed by atoms with E-state index in [0.717, 1.165) is 52.5 Å². The average molecular weight is 595 g/mol. The highest BCUT2D eigenvalue weighted by molar-refractivity contribution is 7.09. The number of hydrogen-bond acceptors (Lipinski definition) is 6. The van der Waals surface area contributed by atoms with E-state index in [1.807, 2.05) is 103 Å². The van der Waals surface area contributed by atoms with E-state index < -0.39 is 6.04 Å². The highest BCUT2D eigenvalue weighted by atomic mass is 32.1. The molecule has 1 aliphatic rings. The van der Waals surface area contributed by atoms with Crippen LogP contribution in [0.3, 0.4) is 0 Å². The van der Waals surface area contributed by atoms with Gasteiger partial charge in [-0.2, -0.15) is 0 Å². The molecule has 222 valence electrons. The molecule has 2 unspecified atom stereocenters. The van der Waals surface area contributed by atoms with Gasteiger partial charge in [-0.05, 0) is 79.3 Å². The number of thiazole rings is 1. The molecule has 2 amide bonds. The van der Waals surface area contributed by atoms with Gasteiger partial charge in [-0.15, -0.1) is 11.3 Å². The molecule has 1 heterocycles. The first-order valence-corrected chi connectivity index (χ1v) is 15.4. The molecular formula is C35H38N4O3S. The lowest BCUT2D eigenvalue weighted by atomic mass is 9.85. The molecule has 0 fully saturated rings. The summed E-state index contributed by atoms with van der Waals surface area (Å²) in [4.78, 5) is 36.9. The van der Waals surface area contributed by atoms with Crippen molar-refractivity contribution in [1.82, 2.24) is 9.88 Å². The Hall–Kier alpha value is -4.43. The van der Waals surface area contributed by atoms with E-state index in [1.165, 1.54) is 11.3 Å². The molecule has 1 N–H and O–H groups in total. The van der Waals surface area contributed by atoms with E-state index in [0.29, 0.717) is 5.69 Å². The first kappa shape index (κ1) is 30.0. The third-order valence-corrected chi connectivity index (χ3v) is 8.61. The molecule has 5 rings (SSSR count). The minimum absolute atomic E-state index is 0.00760. The lowest BCUT2D eigenvalue weighted by Gasteiger charge is -2.36. The number of allylic oxidation sites excluding steroid dienone is 2. The molecule has 43 heavy (non-hydrogen) atoms. The highest BCUT2D eigenvalue weighted by Gasteiger charge is 2.37. The normalized spacial score (nSPS) is 15.0. The van der Waals surface area contributed by atoms with Crippen LogP contribution in [0.15, 0.2) is 96.4 Å². The first-order valence-electron chi connectivity index (χ1n) is 14.6. The van der Waals surface area contributed by atoms with E-state index >= 15 is 0 Å². The van der Waals surface area contributed by atoms with Gasteiger partial charge in [0.05, 0.1) is 25.8 Å². The summed E-state index contributed by atoms with van der Waals surface area (Å²) < 4.78 is 5.30. The summed E-state index contributed by atoms with van der Waals surface area (Å²) in [5.41, 5.74) is 4.47. The molecule has 8 heteroatoms. The van der Waals surface area contributed by atoms with E-state index in [2.05, 4.69) is 17.5 Å². The molecule has 0 saturated carbocycles. The summed E-state index contributed by atoms with van der Waals surface area (Å²) in [6.07, 6.45) is 6.95. The summed E-state index contributed by atoms with van der Waals surface area (Å²) >= 11 is 1.50. The second kappa shape index (κ2) is 14.2. The van der Waals surface area contributed by atoms with Gasteiger partial charge in [0, 0.05) is 36.4 Å². The zero-order chi connectivity index (χ0) is 30.2. The zero-order valence-corrected chi connectivity index (χ0v) is 25.7.